The van der Waals surface area contributed by atoms with Crippen molar-refractivity contribution < 1.29 is 9.66 Å². The number of hydrogen-bond donors (Lipinski definition) is 1. The first-order valence-electron chi connectivity index (χ1n) is 9.15. The van der Waals surface area contributed by atoms with Gasteiger partial charge in [-0.3, -0.25) is 19.8 Å². The molecule has 0 amide bonds. The molecule has 1 aliphatic heterocycles. The largest absolute Gasteiger partial charge is 0.380 e. The highest BCUT2D eigenvalue weighted by atomic mass is 35.5. The van der Waals surface area contributed by atoms with Crippen LogP contribution in [-0.4, -0.2) is 58.0 Å². The Labute approximate surface area is 166 Å². The monoisotopic (exact) mass is 405 g/mol. The Morgan fingerprint density at radius 2 is 2.07 bits per heavy atom. The highest BCUT2D eigenvalue weighted by Crippen LogP contribution is 2.28. The predicted molar refractivity (Wildman–Crippen MR) is 104 cm³/mol. The number of ether oxygens (including phenoxy) is 1. The summed E-state index contributed by atoms with van der Waals surface area (Å²) < 4.78 is 6.91. The minimum Gasteiger partial charge on any atom is -0.380 e. The quantitative estimate of drug-likeness (QED) is 0.579. The topological polar surface area (TPSA) is 103 Å². The first kappa shape index (κ1) is 18.9. The lowest BCUT2D eigenvalue weighted by atomic mass is 10.2. The summed E-state index contributed by atoms with van der Waals surface area (Å²) in [5, 5.41) is 18.1. The number of halogens is 1. The average molecular weight is 406 g/mol. The van der Waals surface area contributed by atoms with Gasteiger partial charge in [0.2, 0.25) is 0 Å². The van der Waals surface area contributed by atoms with Crippen molar-refractivity contribution in [3.8, 4) is 5.69 Å². The molecule has 10 heteroatoms. The standard InChI is InChI=1S/C18H20ClN5O4/c19-17-16(20-9-15-11-22(7-8-28-15)12-1-2-12)10-21-23(18(17)25)13-3-5-14(6-4-13)24(26)27/h3-6,10,12,15,20H,1-2,7-9,11H2. The molecule has 1 saturated carbocycles. The molecular weight excluding hydrogens is 386 g/mol. The Kier molecular flexibility index (Phi) is 5.29. The van der Waals surface area contributed by atoms with Crippen molar-refractivity contribution in [3.63, 3.8) is 0 Å². The summed E-state index contributed by atoms with van der Waals surface area (Å²) in [6.45, 7) is 3.07. The van der Waals surface area contributed by atoms with Crippen molar-refractivity contribution in [3.05, 3.63) is 56.0 Å². The Hall–Kier alpha value is -2.49. The molecule has 2 aliphatic rings. The highest BCUT2D eigenvalue weighted by Gasteiger charge is 2.32. The lowest BCUT2D eigenvalue weighted by Gasteiger charge is -2.33. The molecule has 2 heterocycles. The number of aromatic nitrogens is 2. The Morgan fingerprint density at radius 3 is 2.75 bits per heavy atom. The van der Waals surface area contributed by atoms with E-state index in [1.165, 1.54) is 43.3 Å². The molecule has 1 unspecified atom stereocenters. The van der Waals surface area contributed by atoms with Crippen molar-refractivity contribution in [1.82, 2.24) is 14.7 Å². The number of nitrogens with one attached hydrogen (secondary N) is 1. The molecule has 0 bridgehead atoms. The maximum Gasteiger partial charge on any atom is 0.292 e. The smallest absolute Gasteiger partial charge is 0.292 e. The molecule has 1 aromatic carbocycles. The Morgan fingerprint density at radius 1 is 1.32 bits per heavy atom. The number of nitro groups is 1. The van der Waals surface area contributed by atoms with Crippen LogP contribution in [0.5, 0.6) is 0 Å². The number of morpholine rings is 1. The van der Waals surface area contributed by atoms with Gasteiger partial charge in [-0.1, -0.05) is 11.6 Å². The van der Waals surface area contributed by atoms with Gasteiger partial charge < -0.3 is 10.1 Å². The van der Waals surface area contributed by atoms with Crippen molar-refractivity contribution in [2.45, 2.75) is 25.0 Å². The lowest BCUT2D eigenvalue weighted by molar-refractivity contribution is -0.384. The van der Waals surface area contributed by atoms with Crippen LogP contribution in [0.15, 0.2) is 35.3 Å². The summed E-state index contributed by atoms with van der Waals surface area (Å²) in [6.07, 6.45) is 4.03. The Balaban J connectivity index is 1.45. The third-order valence-electron chi connectivity index (χ3n) is 4.98. The van der Waals surface area contributed by atoms with E-state index in [0.29, 0.717) is 30.6 Å². The van der Waals surface area contributed by atoms with Crippen LogP contribution in [0.4, 0.5) is 11.4 Å². The number of nitro benzene ring substituents is 1. The fourth-order valence-electron chi connectivity index (χ4n) is 3.32. The van der Waals surface area contributed by atoms with Gasteiger partial charge in [0.05, 0.1) is 35.2 Å². The fourth-order valence-corrected chi connectivity index (χ4v) is 3.51. The second kappa shape index (κ2) is 7.86. The maximum atomic E-state index is 12.6. The van der Waals surface area contributed by atoms with Crippen LogP contribution >= 0.6 is 11.6 Å². The first-order valence-corrected chi connectivity index (χ1v) is 9.53. The van der Waals surface area contributed by atoms with E-state index in [4.69, 9.17) is 16.3 Å². The summed E-state index contributed by atoms with van der Waals surface area (Å²) in [4.78, 5) is 25.3. The summed E-state index contributed by atoms with van der Waals surface area (Å²) in [5.41, 5.74) is 0.287. The summed E-state index contributed by atoms with van der Waals surface area (Å²) in [7, 11) is 0. The Bertz CT molecular complexity index is 929. The van der Waals surface area contributed by atoms with Crippen molar-refractivity contribution in [1.29, 1.82) is 0 Å². The molecule has 1 aliphatic carbocycles. The third-order valence-corrected chi connectivity index (χ3v) is 5.34. The van der Waals surface area contributed by atoms with E-state index < -0.39 is 10.5 Å². The van der Waals surface area contributed by atoms with Gasteiger partial charge in [-0.05, 0) is 25.0 Å². The van der Waals surface area contributed by atoms with Gasteiger partial charge >= 0.3 is 0 Å². The number of benzene rings is 1. The summed E-state index contributed by atoms with van der Waals surface area (Å²) in [6, 6.07) is 6.24. The minimum atomic E-state index is -0.502. The van der Waals surface area contributed by atoms with Gasteiger partial charge in [0.1, 0.15) is 5.02 Å². The molecule has 1 saturated heterocycles. The SMILES string of the molecule is O=c1c(Cl)c(NCC2CN(C3CC3)CCO2)cnn1-c1ccc([N+](=O)[O-])cc1. The molecule has 0 spiro atoms. The number of hydrogen-bond acceptors (Lipinski definition) is 7. The zero-order valence-electron chi connectivity index (χ0n) is 15.1. The van der Waals surface area contributed by atoms with Crippen molar-refractivity contribution in [2.75, 3.05) is 31.6 Å². The molecule has 1 aromatic heterocycles. The lowest BCUT2D eigenvalue weighted by Crippen LogP contribution is -2.46. The summed E-state index contributed by atoms with van der Waals surface area (Å²) in [5.74, 6) is 0. The van der Waals surface area contributed by atoms with Crippen LogP contribution in [0.2, 0.25) is 5.02 Å². The average Bonchev–Trinajstić information content (AvgIpc) is 3.55. The highest BCUT2D eigenvalue weighted by molar-refractivity contribution is 6.32. The molecule has 9 nitrogen and oxygen atoms in total. The molecule has 148 valence electrons. The predicted octanol–water partition coefficient (Wildman–Crippen LogP) is 2.07. The van der Waals surface area contributed by atoms with E-state index >= 15 is 0 Å². The normalized spacial score (nSPS) is 20.1. The zero-order valence-corrected chi connectivity index (χ0v) is 15.8. The van der Waals surface area contributed by atoms with Gasteiger partial charge in [-0.15, -0.1) is 0 Å². The zero-order chi connectivity index (χ0) is 19.7. The molecule has 28 heavy (non-hydrogen) atoms. The van der Waals surface area contributed by atoms with Crippen LogP contribution < -0.4 is 10.9 Å². The van der Waals surface area contributed by atoms with Crippen LogP contribution in [0, 0.1) is 10.1 Å². The first-order chi connectivity index (χ1) is 13.5. The van der Waals surface area contributed by atoms with E-state index in [0.717, 1.165) is 17.8 Å². The molecule has 4 rings (SSSR count). The van der Waals surface area contributed by atoms with Gasteiger partial charge in [0.15, 0.2) is 0 Å². The second-order valence-electron chi connectivity index (χ2n) is 6.96. The van der Waals surface area contributed by atoms with Gasteiger partial charge in [0, 0.05) is 37.8 Å². The van der Waals surface area contributed by atoms with E-state index in [1.807, 2.05) is 0 Å². The molecular formula is C18H20ClN5O4. The van der Waals surface area contributed by atoms with Crippen molar-refractivity contribution >= 4 is 23.0 Å². The minimum absolute atomic E-state index is 0.0169. The molecule has 2 fully saturated rings. The molecule has 1 atom stereocenters. The number of nitrogens with zero attached hydrogens (tertiary/aromatic N) is 4. The number of anilines is 1. The second-order valence-corrected chi connectivity index (χ2v) is 7.34. The van der Waals surface area contributed by atoms with E-state index in [9.17, 15) is 14.9 Å². The third kappa shape index (κ3) is 4.01. The van der Waals surface area contributed by atoms with Gasteiger partial charge in [-0.25, -0.2) is 0 Å². The number of non-ortho nitro benzene ring substituents is 1. The molecule has 1 N–H and O–H groups in total. The van der Waals surface area contributed by atoms with Crippen molar-refractivity contribution in [2.24, 2.45) is 0 Å². The maximum absolute atomic E-state index is 12.6. The van der Waals surface area contributed by atoms with Crippen LogP contribution in [0.3, 0.4) is 0 Å². The van der Waals surface area contributed by atoms with E-state index in [1.54, 1.807) is 0 Å². The van der Waals surface area contributed by atoms with Crippen LogP contribution in [0.25, 0.3) is 5.69 Å². The van der Waals surface area contributed by atoms with Gasteiger partial charge in [0.25, 0.3) is 11.2 Å². The molecule has 2 aromatic rings. The summed E-state index contributed by atoms with van der Waals surface area (Å²) >= 11 is 6.24. The molecule has 0 radical (unpaired) electrons. The van der Waals surface area contributed by atoms with E-state index in [-0.39, 0.29) is 16.8 Å². The van der Waals surface area contributed by atoms with Crippen LogP contribution in [0.1, 0.15) is 12.8 Å². The number of rotatable bonds is 6. The fraction of sp³-hybridized carbons (Fsp3) is 0.444. The van der Waals surface area contributed by atoms with E-state index in [2.05, 4.69) is 15.3 Å². The van der Waals surface area contributed by atoms with Gasteiger partial charge in [-0.2, -0.15) is 9.78 Å². The van der Waals surface area contributed by atoms with Crippen LogP contribution in [-0.2, 0) is 4.74 Å².